The largest absolute Gasteiger partial charge is 0.481 e. The first kappa shape index (κ1) is 18.4. The summed E-state index contributed by atoms with van der Waals surface area (Å²) >= 11 is 6.03. The summed E-state index contributed by atoms with van der Waals surface area (Å²) in [4.78, 5) is 24.0. The van der Waals surface area contributed by atoms with Gasteiger partial charge in [0.25, 0.3) is 0 Å². The van der Waals surface area contributed by atoms with Crippen molar-refractivity contribution in [2.75, 3.05) is 18.4 Å². The summed E-state index contributed by atoms with van der Waals surface area (Å²) < 4.78 is 38.8. The van der Waals surface area contributed by atoms with Crippen molar-refractivity contribution in [1.82, 2.24) is 4.90 Å². The fourth-order valence-electron chi connectivity index (χ4n) is 2.67. The number of hydrogen-bond donors (Lipinski definition) is 2. The quantitative estimate of drug-likeness (QED) is 0.860. The number of benzene rings is 1. The Morgan fingerprint density at radius 1 is 1.38 bits per heavy atom. The lowest BCUT2D eigenvalue weighted by Gasteiger charge is -2.19. The molecule has 1 aliphatic heterocycles. The number of aliphatic carboxylic acids is 1. The van der Waals surface area contributed by atoms with Gasteiger partial charge < -0.3 is 15.3 Å². The number of rotatable bonds is 3. The Morgan fingerprint density at radius 2 is 2.04 bits per heavy atom. The number of carbonyl (C=O) groups excluding carboxylic acids is 1. The molecule has 0 aliphatic carbocycles. The fraction of sp³-hybridized carbons (Fsp3) is 0.467. The molecule has 1 saturated heterocycles. The van der Waals surface area contributed by atoms with Gasteiger partial charge in [0.1, 0.15) is 0 Å². The molecule has 1 aliphatic rings. The minimum Gasteiger partial charge on any atom is -0.481 e. The van der Waals surface area contributed by atoms with Gasteiger partial charge in [0.15, 0.2) is 0 Å². The van der Waals surface area contributed by atoms with Crippen molar-refractivity contribution in [2.45, 2.75) is 19.5 Å². The number of nitrogens with one attached hydrogen (secondary N) is 1. The topological polar surface area (TPSA) is 69.6 Å². The summed E-state index contributed by atoms with van der Waals surface area (Å²) in [5, 5.41) is 11.8. The molecule has 0 unspecified atom stereocenters. The van der Waals surface area contributed by atoms with Crippen LogP contribution in [-0.4, -0.2) is 41.3 Å². The van der Waals surface area contributed by atoms with E-state index in [9.17, 15) is 22.8 Å². The van der Waals surface area contributed by atoms with Gasteiger partial charge >= 0.3 is 18.2 Å². The highest BCUT2D eigenvalue weighted by Crippen LogP contribution is 2.38. The van der Waals surface area contributed by atoms with Crippen LogP contribution in [0.25, 0.3) is 0 Å². The van der Waals surface area contributed by atoms with Gasteiger partial charge in [-0.2, -0.15) is 13.2 Å². The molecule has 1 heterocycles. The van der Waals surface area contributed by atoms with E-state index in [1.54, 1.807) is 12.1 Å². The number of aryl methyl sites for hydroxylation is 1. The first-order chi connectivity index (χ1) is 11.1. The highest BCUT2D eigenvalue weighted by Gasteiger charge is 2.53. The van der Waals surface area contributed by atoms with E-state index < -0.39 is 43.1 Å². The van der Waals surface area contributed by atoms with Crippen LogP contribution in [0.4, 0.5) is 23.7 Å². The van der Waals surface area contributed by atoms with Gasteiger partial charge in [-0.1, -0.05) is 24.6 Å². The SMILES string of the molecule is CCc1ccc(NC(=O)N2C[C@@H](C(F)(F)F)[C@H](C(=O)O)C2)cc1Cl. The highest BCUT2D eigenvalue weighted by atomic mass is 35.5. The van der Waals surface area contributed by atoms with Gasteiger partial charge in [-0.05, 0) is 24.1 Å². The molecule has 0 bridgehead atoms. The smallest absolute Gasteiger partial charge is 0.394 e. The number of amides is 2. The van der Waals surface area contributed by atoms with E-state index in [0.29, 0.717) is 17.1 Å². The zero-order valence-corrected chi connectivity index (χ0v) is 13.5. The molecule has 2 N–H and O–H groups in total. The van der Waals surface area contributed by atoms with E-state index >= 15 is 0 Å². The summed E-state index contributed by atoms with van der Waals surface area (Å²) in [5.74, 6) is -5.31. The van der Waals surface area contributed by atoms with E-state index in [0.717, 1.165) is 10.5 Å². The Hall–Kier alpha value is -1.96. The van der Waals surface area contributed by atoms with E-state index in [1.807, 2.05) is 6.92 Å². The number of hydrogen-bond acceptors (Lipinski definition) is 2. The fourth-order valence-corrected chi connectivity index (χ4v) is 2.98. The van der Waals surface area contributed by atoms with Crippen molar-refractivity contribution in [3.8, 4) is 0 Å². The number of nitrogens with zero attached hydrogens (tertiary/aromatic N) is 1. The molecule has 9 heteroatoms. The Kier molecular flexibility index (Phi) is 5.27. The number of halogens is 4. The number of likely N-dealkylation sites (tertiary alicyclic amines) is 1. The molecule has 0 radical (unpaired) electrons. The van der Waals surface area contributed by atoms with Crippen molar-refractivity contribution < 1.29 is 27.9 Å². The number of anilines is 1. The molecule has 24 heavy (non-hydrogen) atoms. The lowest BCUT2D eigenvalue weighted by Crippen LogP contribution is -2.35. The van der Waals surface area contributed by atoms with Crippen LogP contribution in [0.5, 0.6) is 0 Å². The molecule has 132 valence electrons. The number of carbonyl (C=O) groups is 2. The average Bonchev–Trinajstić information content (AvgIpc) is 2.93. The molecular weight excluding hydrogens is 349 g/mol. The first-order valence-electron chi connectivity index (χ1n) is 7.27. The second-order valence-electron chi connectivity index (χ2n) is 5.59. The molecule has 0 aromatic heterocycles. The monoisotopic (exact) mass is 364 g/mol. The lowest BCUT2D eigenvalue weighted by atomic mass is 9.96. The standard InChI is InChI=1S/C15H16ClF3N2O3/c1-2-8-3-4-9(5-12(8)16)20-14(24)21-6-10(13(22)23)11(7-21)15(17,18)19/h3-5,10-11H,2,6-7H2,1H3,(H,20,24)(H,22,23)/t10-,11-/m1/s1. The predicted octanol–water partition coefficient (Wildman–Crippen LogP) is 3.63. The van der Waals surface area contributed by atoms with Gasteiger partial charge in [-0.15, -0.1) is 0 Å². The predicted molar refractivity (Wildman–Crippen MR) is 82.1 cm³/mol. The van der Waals surface area contributed by atoms with E-state index in [-0.39, 0.29) is 0 Å². The van der Waals surface area contributed by atoms with Crippen LogP contribution in [0, 0.1) is 11.8 Å². The van der Waals surface area contributed by atoms with E-state index in [2.05, 4.69) is 5.32 Å². The van der Waals surface area contributed by atoms with Crippen LogP contribution in [0.15, 0.2) is 18.2 Å². The van der Waals surface area contributed by atoms with Gasteiger partial charge in [-0.25, -0.2) is 4.79 Å². The second-order valence-corrected chi connectivity index (χ2v) is 5.99. The molecule has 0 saturated carbocycles. The van der Waals surface area contributed by atoms with Gasteiger partial charge in [0.2, 0.25) is 0 Å². The highest BCUT2D eigenvalue weighted by molar-refractivity contribution is 6.31. The van der Waals surface area contributed by atoms with Gasteiger partial charge in [0, 0.05) is 23.8 Å². The van der Waals surface area contributed by atoms with E-state index in [1.165, 1.54) is 6.07 Å². The Morgan fingerprint density at radius 3 is 2.50 bits per heavy atom. The maximum absolute atomic E-state index is 12.9. The molecule has 1 aromatic carbocycles. The maximum Gasteiger partial charge on any atom is 0.394 e. The summed E-state index contributed by atoms with van der Waals surface area (Å²) in [6.45, 7) is 0.728. The number of alkyl halides is 3. The minimum atomic E-state index is -4.68. The third kappa shape index (κ3) is 3.92. The third-order valence-electron chi connectivity index (χ3n) is 4.03. The van der Waals surface area contributed by atoms with Gasteiger partial charge in [0.05, 0.1) is 11.8 Å². The Bertz CT molecular complexity index is 651. The van der Waals surface area contributed by atoms with Crippen LogP contribution in [0.2, 0.25) is 5.02 Å². The molecule has 2 amide bonds. The molecule has 0 spiro atoms. The maximum atomic E-state index is 12.9. The van der Waals surface area contributed by atoms with Crippen LogP contribution in [-0.2, 0) is 11.2 Å². The van der Waals surface area contributed by atoms with Gasteiger partial charge in [-0.3, -0.25) is 4.79 Å². The number of carboxylic acid groups (broad SMARTS) is 1. The zero-order chi connectivity index (χ0) is 18.1. The van der Waals surface area contributed by atoms with Crippen molar-refractivity contribution in [1.29, 1.82) is 0 Å². The Balaban J connectivity index is 2.10. The van der Waals surface area contributed by atoms with Crippen LogP contribution in [0.3, 0.4) is 0 Å². The zero-order valence-electron chi connectivity index (χ0n) is 12.7. The molecule has 1 fully saturated rings. The summed E-state index contributed by atoms with van der Waals surface area (Å²) in [7, 11) is 0. The van der Waals surface area contributed by atoms with Crippen molar-refractivity contribution in [2.24, 2.45) is 11.8 Å². The Labute approximate surface area is 141 Å². The molecule has 2 atom stereocenters. The summed E-state index contributed by atoms with van der Waals surface area (Å²) in [5.41, 5.74) is 1.21. The van der Waals surface area contributed by atoms with Crippen molar-refractivity contribution in [3.63, 3.8) is 0 Å². The lowest BCUT2D eigenvalue weighted by molar-refractivity contribution is -0.187. The normalized spacial score (nSPS) is 21.0. The molecular formula is C15H16ClF3N2O3. The average molecular weight is 365 g/mol. The number of urea groups is 1. The molecule has 2 rings (SSSR count). The third-order valence-corrected chi connectivity index (χ3v) is 4.38. The van der Waals surface area contributed by atoms with Crippen LogP contribution in [0.1, 0.15) is 12.5 Å². The summed E-state index contributed by atoms with van der Waals surface area (Å²) in [6.07, 6.45) is -3.98. The van der Waals surface area contributed by atoms with E-state index in [4.69, 9.17) is 16.7 Å². The second kappa shape index (κ2) is 6.88. The van der Waals surface area contributed by atoms with Crippen molar-refractivity contribution in [3.05, 3.63) is 28.8 Å². The van der Waals surface area contributed by atoms with Crippen LogP contribution >= 0.6 is 11.6 Å². The van der Waals surface area contributed by atoms with Crippen LogP contribution < -0.4 is 5.32 Å². The number of carboxylic acids is 1. The first-order valence-corrected chi connectivity index (χ1v) is 7.65. The minimum absolute atomic E-state index is 0.338. The van der Waals surface area contributed by atoms with Crippen molar-refractivity contribution >= 4 is 29.3 Å². The summed E-state index contributed by atoms with van der Waals surface area (Å²) in [6, 6.07) is 4.02. The molecule has 1 aromatic rings. The molecule has 5 nitrogen and oxygen atoms in total.